The van der Waals surface area contributed by atoms with Crippen molar-refractivity contribution in [3.63, 3.8) is 0 Å². The summed E-state index contributed by atoms with van der Waals surface area (Å²) >= 11 is 0. The molecule has 0 aromatic heterocycles. The Morgan fingerprint density at radius 3 is 1.71 bits per heavy atom. The Labute approximate surface area is 112 Å². The molecule has 0 heterocycles. The molecule has 126 valence electrons. The standard InChI is InChI=1S/C9H11F8NO3/c1-6(2-19,3-20)18-5(21)8(14,15)9(16,17)7(12,13)4(10)11/h4,19-20H,2-3H2,1H3,(H,18,21). The Bertz CT molecular complexity index is 383. The minimum atomic E-state index is -6.69. The average molecular weight is 333 g/mol. The van der Waals surface area contributed by atoms with E-state index in [1.54, 1.807) is 0 Å². The van der Waals surface area contributed by atoms with Crippen molar-refractivity contribution in [3.8, 4) is 0 Å². The number of carbonyl (C=O) groups excluding carboxylic acids is 1. The molecule has 0 atom stereocenters. The van der Waals surface area contributed by atoms with Gasteiger partial charge in [0, 0.05) is 0 Å². The number of rotatable bonds is 7. The molecule has 0 unspecified atom stereocenters. The molecule has 0 aromatic rings. The molecular formula is C9H11F8NO3. The third-order valence-electron chi connectivity index (χ3n) is 2.49. The van der Waals surface area contributed by atoms with Gasteiger partial charge >= 0.3 is 24.2 Å². The quantitative estimate of drug-likeness (QED) is 0.609. The van der Waals surface area contributed by atoms with Crippen LogP contribution in [0.15, 0.2) is 0 Å². The molecule has 0 aromatic carbocycles. The number of carbonyl (C=O) groups is 1. The van der Waals surface area contributed by atoms with E-state index in [4.69, 9.17) is 10.2 Å². The Morgan fingerprint density at radius 1 is 1.05 bits per heavy atom. The first-order valence-electron chi connectivity index (χ1n) is 5.15. The third-order valence-corrected chi connectivity index (χ3v) is 2.49. The highest BCUT2D eigenvalue weighted by Crippen LogP contribution is 2.48. The third kappa shape index (κ3) is 3.36. The topological polar surface area (TPSA) is 69.6 Å². The van der Waals surface area contributed by atoms with Gasteiger partial charge in [-0.05, 0) is 6.92 Å². The fourth-order valence-electron chi connectivity index (χ4n) is 0.971. The van der Waals surface area contributed by atoms with Crippen LogP contribution in [0.2, 0.25) is 0 Å². The van der Waals surface area contributed by atoms with E-state index in [2.05, 4.69) is 0 Å². The SMILES string of the molecule is CC(CO)(CO)NC(=O)C(F)(F)C(F)(F)C(F)(F)C(F)F. The minimum Gasteiger partial charge on any atom is -0.394 e. The van der Waals surface area contributed by atoms with Crippen molar-refractivity contribution in [1.29, 1.82) is 0 Å². The number of aliphatic hydroxyl groups excluding tert-OH is 2. The molecule has 0 aliphatic carbocycles. The van der Waals surface area contributed by atoms with E-state index in [0.29, 0.717) is 0 Å². The number of halogens is 8. The van der Waals surface area contributed by atoms with E-state index in [-0.39, 0.29) is 0 Å². The van der Waals surface area contributed by atoms with E-state index in [1.165, 1.54) is 0 Å². The number of aliphatic hydroxyl groups is 2. The predicted octanol–water partition coefficient (Wildman–Crippen LogP) is 1.02. The van der Waals surface area contributed by atoms with Crippen LogP contribution in [0.4, 0.5) is 35.1 Å². The molecule has 0 saturated carbocycles. The molecule has 0 spiro atoms. The normalized spacial score (nSPS) is 14.5. The summed E-state index contributed by atoms with van der Waals surface area (Å²) in [7, 11) is 0. The van der Waals surface area contributed by atoms with Crippen molar-refractivity contribution in [3.05, 3.63) is 0 Å². The van der Waals surface area contributed by atoms with Gasteiger partial charge in [0.2, 0.25) is 0 Å². The molecule has 0 saturated heterocycles. The predicted molar refractivity (Wildman–Crippen MR) is 51.6 cm³/mol. The van der Waals surface area contributed by atoms with Crippen LogP contribution in [-0.2, 0) is 4.79 Å². The molecule has 21 heavy (non-hydrogen) atoms. The summed E-state index contributed by atoms with van der Waals surface area (Å²) in [5, 5.41) is 18.4. The molecule has 3 N–H and O–H groups in total. The van der Waals surface area contributed by atoms with Crippen LogP contribution in [0.25, 0.3) is 0 Å². The first kappa shape index (κ1) is 19.8. The van der Waals surface area contributed by atoms with Gasteiger partial charge in [-0.25, -0.2) is 8.78 Å². The van der Waals surface area contributed by atoms with Gasteiger partial charge in [-0.1, -0.05) is 0 Å². The van der Waals surface area contributed by atoms with Crippen molar-refractivity contribution in [2.45, 2.75) is 36.7 Å². The van der Waals surface area contributed by atoms with Crippen molar-refractivity contribution in [2.24, 2.45) is 0 Å². The molecule has 0 aliphatic heterocycles. The summed E-state index contributed by atoms with van der Waals surface area (Å²) in [6.45, 7) is -1.69. The Balaban J connectivity index is 5.51. The molecule has 0 aliphatic rings. The van der Waals surface area contributed by atoms with E-state index in [0.717, 1.165) is 12.2 Å². The van der Waals surface area contributed by atoms with Crippen LogP contribution in [0.5, 0.6) is 0 Å². The number of alkyl halides is 8. The Hall–Kier alpha value is -1.17. The van der Waals surface area contributed by atoms with Crippen LogP contribution < -0.4 is 5.32 Å². The lowest BCUT2D eigenvalue weighted by Gasteiger charge is -2.34. The first-order valence-corrected chi connectivity index (χ1v) is 5.15. The zero-order valence-electron chi connectivity index (χ0n) is 10.3. The van der Waals surface area contributed by atoms with Crippen molar-refractivity contribution < 1.29 is 50.1 Å². The maximum atomic E-state index is 13.1. The van der Waals surface area contributed by atoms with Crippen LogP contribution in [-0.4, -0.2) is 59.1 Å². The summed E-state index contributed by atoms with van der Waals surface area (Å²) in [4.78, 5) is 11.0. The molecular weight excluding hydrogens is 322 g/mol. The number of nitrogens with one attached hydrogen (secondary N) is 1. The Morgan fingerprint density at radius 2 is 1.43 bits per heavy atom. The average Bonchev–Trinajstić information content (AvgIpc) is 2.37. The molecule has 0 fully saturated rings. The van der Waals surface area contributed by atoms with Crippen LogP contribution >= 0.6 is 0 Å². The highest BCUT2D eigenvalue weighted by Gasteiger charge is 2.78. The van der Waals surface area contributed by atoms with Gasteiger partial charge in [0.05, 0.1) is 18.8 Å². The van der Waals surface area contributed by atoms with Crippen molar-refractivity contribution in [1.82, 2.24) is 5.32 Å². The largest absolute Gasteiger partial charge is 0.394 e. The second-order valence-corrected chi connectivity index (χ2v) is 4.40. The number of hydrogen-bond acceptors (Lipinski definition) is 3. The number of amides is 1. The molecule has 0 bridgehead atoms. The van der Waals surface area contributed by atoms with Gasteiger partial charge in [0.1, 0.15) is 0 Å². The van der Waals surface area contributed by atoms with E-state index < -0.39 is 48.9 Å². The number of hydrogen-bond donors (Lipinski definition) is 3. The lowest BCUT2D eigenvalue weighted by molar-refractivity contribution is -0.328. The lowest BCUT2D eigenvalue weighted by Crippen LogP contribution is -2.66. The maximum absolute atomic E-state index is 13.1. The minimum absolute atomic E-state index is 0.727. The summed E-state index contributed by atoms with van der Waals surface area (Å²) in [5.41, 5.74) is -2.24. The summed E-state index contributed by atoms with van der Waals surface area (Å²) < 4.78 is 101. The zero-order chi connectivity index (χ0) is 17.3. The van der Waals surface area contributed by atoms with Crippen LogP contribution in [0.3, 0.4) is 0 Å². The smallest absolute Gasteiger partial charge is 0.392 e. The molecule has 12 heteroatoms. The highest BCUT2D eigenvalue weighted by molar-refractivity contribution is 5.85. The zero-order valence-corrected chi connectivity index (χ0v) is 10.3. The van der Waals surface area contributed by atoms with Crippen molar-refractivity contribution >= 4 is 5.91 Å². The molecule has 0 rings (SSSR count). The lowest BCUT2D eigenvalue weighted by atomic mass is 10.0. The van der Waals surface area contributed by atoms with E-state index in [1.807, 2.05) is 0 Å². The van der Waals surface area contributed by atoms with Gasteiger partial charge in [0.25, 0.3) is 5.91 Å². The highest BCUT2D eigenvalue weighted by atomic mass is 19.4. The summed E-state index contributed by atoms with van der Waals surface area (Å²) in [5.74, 6) is -22.4. The van der Waals surface area contributed by atoms with E-state index >= 15 is 0 Å². The fraction of sp³-hybridized carbons (Fsp3) is 0.889. The second-order valence-electron chi connectivity index (χ2n) is 4.40. The van der Waals surface area contributed by atoms with Gasteiger partial charge in [-0.2, -0.15) is 26.3 Å². The van der Waals surface area contributed by atoms with Crippen LogP contribution in [0.1, 0.15) is 6.92 Å². The van der Waals surface area contributed by atoms with E-state index in [9.17, 15) is 39.9 Å². The van der Waals surface area contributed by atoms with Gasteiger partial charge in [-0.3, -0.25) is 4.79 Å². The van der Waals surface area contributed by atoms with Gasteiger partial charge in [0.15, 0.2) is 0 Å². The monoisotopic (exact) mass is 333 g/mol. The summed E-state index contributed by atoms with van der Waals surface area (Å²) in [6, 6.07) is 0. The van der Waals surface area contributed by atoms with Crippen molar-refractivity contribution in [2.75, 3.05) is 13.2 Å². The van der Waals surface area contributed by atoms with Gasteiger partial charge < -0.3 is 15.5 Å². The Kier molecular flexibility index (Phi) is 5.58. The second kappa shape index (κ2) is 5.91. The van der Waals surface area contributed by atoms with Crippen LogP contribution in [0, 0.1) is 0 Å². The first-order chi connectivity index (χ1) is 9.19. The molecule has 4 nitrogen and oxygen atoms in total. The maximum Gasteiger partial charge on any atom is 0.392 e. The fourth-order valence-corrected chi connectivity index (χ4v) is 0.971. The molecule has 1 amide bonds. The van der Waals surface area contributed by atoms with Gasteiger partial charge in [-0.15, -0.1) is 0 Å². The molecule has 0 radical (unpaired) electrons. The summed E-state index contributed by atoms with van der Waals surface area (Å²) in [6.07, 6.45) is -5.15.